The first-order chi connectivity index (χ1) is 29.9. The van der Waals surface area contributed by atoms with Gasteiger partial charge in [0, 0.05) is 38.4 Å². The third-order valence-corrected chi connectivity index (χ3v) is 10.7. The van der Waals surface area contributed by atoms with Gasteiger partial charge in [-0.1, -0.05) is 169 Å². The van der Waals surface area contributed by atoms with Gasteiger partial charge < -0.3 is 4.57 Å². The van der Waals surface area contributed by atoms with Gasteiger partial charge in [0.05, 0.1) is 27.5 Å². The Morgan fingerprint density at radius 3 is 1.63 bits per heavy atom. The van der Waals surface area contributed by atoms with E-state index in [2.05, 4.69) is 118 Å². The highest BCUT2D eigenvalue weighted by atomic mass is 15.2. The first kappa shape index (κ1) is 28.8. The molecule has 0 radical (unpaired) electrons. The molecule has 57 heavy (non-hydrogen) atoms. The lowest BCUT2D eigenvalue weighted by Gasteiger charge is -2.14. The zero-order chi connectivity index (χ0) is 41.4. The van der Waals surface area contributed by atoms with Gasteiger partial charge in [-0.3, -0.25) is 4.57 Å². The largest absolute Gasteiger partial charge is 0.307 e. The molecule has 3 aromatic heterocycles. The van der Waals surface area contributed by atoms with Gasteiger partial charge in [-0.25, -0.2) is 4.98 Å². The highest BCUT2D eigenvalue weighted by molar-refractivity contribution is 6.23. The fourth-order valence-electron chi connectivity index (χ4n) is 8.13. The molecule has 0 amide bonds. The van der Waals surface area contributed by atoms with Crippen LogP contribution in [-0.2, 0) is 0 Å². The second kappa shape index (κ2) is 13.3. The molecule has 3 heterocycles. The van der Waals surface area contributed by atoms with E-state index in [0.717, 1.165) is 77.1 Å². The molecule has 5 heteroatoms. The Kier molecular flexibility index (Phi) is 6.71. The Labute approximate surface area is 335 Å². The lowest BCUT2D eigenvalue weighted by atomic mass is 10.0. The molecule has 11 aromatic rings. The standard InChI is InChI=1S/C52H35N5/c1-34-14-12-20-40(32-34)51-53-50(38-28-26-37(27-29-38)35-15-4-2-5-16-35)54-52(55-51)57-47-25-11-9-23-43(47)45-31-30-44-42-22-8-10-24-46(42)56(48(44)49(45)57)41-21-13-19-39(33-41)36-17-6-3-7-18-36/h2-33H,1H3/i12D,14D,20D,32D. The summed E-state index contributed by atoms with van der Waals surface area (Å²) in [6.45, 7) is 1.63. The van der Waals surface area contributed by atoms with Gasteiger partial charge in [-0.05, 0) is 59.5 Å². The van der Waals surface area contributed by atoms with Gasteiger partial charge in [0.25, 0.3) is 0 Å². The fraction of sp³-hybridized carbons (Fsp3) is 0.0192. The number of fused-ring (bicyclic) bond motifs is 7. The van der Waals surface area contributed by atoms with E-state index in [1.807, 2.05) is 60.7 Å². The molecule has 0 bridgehead atoms. The molecule has 0 saturated carbocycles. The van der Waals surface area contributed by atoms with Gasteiger partial charge in [-0.15, -0.1) is 0 Å². The Bertz CT molecular complexity index is 3490. The van der Waals surface area contributed by atoms with Crippen LogP contribution < -0.4 is 0 Å². The summed E-state index contributed by atoms with van der Waals surface area (Å²) in [5, 5.41) is 4.18. The van der Waals surface area contributed by atoms with Gasteiger partial charge in [0.2, 0.25) is 5.95 Å². The SMILES string of the molecule is [2H]c1c([2H])c(C)c([2H])c(-c2nc(-c3ccc(-c4ccccc4)cc3)nc(-n3c4ccccc4c4ccc5c6ccccc6n(-c6cccc(-c7ccccc7)c6)c5c43)n2)c1[2H]. The van der Waals surface area contributed by atoms with Gasteiger partial charge in [0.15, 0.2) is 11.6 Å². The highest BCUT2D eigenvalue weighted by Crippen LogP contribution is 2.42. The van der Waals surface area contributed by atoms with E-state index >= 15 is 0 Å². The van der Waals surface area contributed by atoms with Crippen LogP contribution in [0.5, 0.6) is 0 Å². The van der Waals surface area contributed by atoms with Crippen LogP contribution in [0.2, 0.25) is 0 Å². The first-order valence-corrected chi connectivity index (χ1v) is 19.0. The van der Waals surface area contributed by atoms with E-state index in [1.54, 1.807) is 6.92 Å². The molecule has 0 atom stereocenters. The van der Waals surface area contributed by atoms with Crippen molar-refractivity contribution in [1.29, 1.82) is 0 Å². The Balaban J connectivity index is 1.25. The average Bonchev–Trinajstić information content (AvgIpc) is 3.84. The molecule has 0 aliphatic carbocycles. The highest BCUT2D eigenvalue weighted by Gasteiger charge is 2.23. The van der Waals surface area contributed by atoms with Crippen LogP contribution in [0.25, 0.3) is 100 Å². The second-order valence-corrected chi connectivity index (χ2v) is 14.2. The molecular formula is C52H35N5. The van der Waals surface area contributed by atoms with Crippen LogP contribution in [0.4, 0.5) is 0 Å². The average molecular weight is 734 g/mol. The molecule has 8 aromatic carbocycles. The summed E-state index contributed by atoms with van der Waals surface area (Å²) in [5.74, 6) is 0.748. The van der Waals surface area contributed by atoms with Crippen molar-refractivity contribution >= 4 is 43.6 Å². The van der Waals surface area contributed by atoms with Crippen molar-refractivity contribution < 1.29 is 5.48 Å². The number of para-hydroxylation sites is 2. The van der Waals surface area contributed by atoms with Gasteiger partial charge >= 0.3 is 0 Å². The number of hydrogen-bond donors (Lipinski definition) is 0. The van der Waals surface area contributed by atoms with E-state index in [1.165, 1.54) is 0 Å². The van der Waals surface area contributed by atoms with Crippen LogP contribution in [0.3, 0.4) is 0 Å². The Morgan fingerprint density at radius 2 is 0.947 bits per heavy atom. The van der Waals surface area contributed by atoms with E-state index < -0.39 is 0 Å². The van der Waals surface area contributed by atoms with Crippen molar-refractivity contribution in [1.82, 2.24) is 24.1 Å². The molecule has 0 aliphatic heterocycles. The van der Waals surface area contributed by atoms with E-state index in [4.69, 9.17) is 20.4 Å². The molecule has 11 rings (SSSR count). The second-order valence-electron chi connectivity index (χ2n) is 14.2. The predicted octanol–water partition coefficient (Wildman–Crippen LogP) is 13.0. The van der Waals surface area contributed by atoms with Crippen LogP contribution in [0.15, 0.2) is 194 Å². The van der Waals surface area contributed by atoms with E-state index in [9.17, 15) is 0 Å². The zero-order valence-electron chi connectivity index (χ0n) is 34.9. The van der Waals surface area contributed by atoms with Crippen LogP contribution in [0, 0.1) is 6.92 Å². The smallest absolute Gasteiger partial charge is 0.238 e. The monoisotopic (exact) mass is 733 g/mol. The van der Waals surface area contributed by atoms with Crippen LogP contribution in [-0.4, -0.2) is 24.1 Å². The minimum Gasteiger partial charge on any atom is -0.307 e. The third-order valence-electron chi connectivity index (χ3n) is 10.7. The topological polar surface area (TPSA) is 48.5 Å². The van der Waals surface area contributed by atoms with Crippen molar-refractivity contribution in [2.75, 3.05) is 0 Å². The molecule has 5 nitrogen and oxygen atoms in total. The minimum atomic E-state index is -0.278. The molecular weight excluding hydrogens is 695 g/mol. The van der Waals surface area contributed by atoms with Crippen molar-refractivity contribution in [3.63, 3.8) is 0 Å². The zero-order valence-corrected chi connectivity index (χ0v) is 30.9. The first-order valence-electron chi connectivity index (χ1n) is 21.0. The maximum atomic E-state index is 9.16. The summed E-state index contributed by atoms with van der Waals surface area (Å²) in [7, 11) is 0. The molecule has 268 valence electrons. The Morgan fingerprint density at radius 1 is 0.421 bits per heavy atom. The maximum Gasteiger partial charge on any atom is 0.238 e. The number of hydrogen-bond acceptors (Lipinski definition) is 3. The number of benzene rings is 8. The molecule has 0 N–H and O–H groups in total. The fourth-order valence-corrected chi connectivity index (χ4v) is 8.13. The van der Waals surface area contributed by atoms with Crippen LogP contribution in [0.1, 0.15) is 11.0 Å². The minimum absolute atomic E-state index is 0.0587. The van der Waals surface area contributed by atoms with Crippen molar-refractivity contribution in [2.24, 2.45) is 0 Å². The molecule has 0 unspecified atom stereocenters. The normalized spacial score (nSPS) is 12.6. The number of rotatable bonds is 6. The number of aromatic nitrogens is 5. The van der Waals surface area contributed by atoms with Gasteiger partial charge in [0.1, 0.15) is 0 Å². The summed E-state index contributed by atoms with van der Waals surface area (Å²) in [6.07, 6.45) is 0. The Hall–Kier alpha value is -7.63. The number of nitrogens with zero attached hydrogens (tertiary/aromatic N) is 5. The summed E-state index contributed by atoms with van der Waals surface area (Å²) >= 11 is 0. The van der Waals surface area contributed by atoms with Crippen molar-refractivity contribution in [2.45, 2.75) is 6.92 Å². The summed E-state index contributed by atoms with van der Waals surface area (Å²) in [5.41, 5.74) is 10.2. The lowest BCUT2D eigenvalue weighted by molar-refractivity contribution is 0.953. The van der Waals surface area contributed by atoms with Crippen LogP contribution >= 0.6 is 0 Å². The maximum absolute atomic E-state index is 9.16. The molecule has 0 spiro atoms. The molecule has 0 aliphatic rings. The van der Waals surface area contributed by atoms with E-state index in [0.29, 0.717) is 11.8 Å². The van der Waals surface area contributed by atoms with Crippen molar-refractivity contribution in [3.05, 3.63) is 200 Å². The summed E-state index contributed by atoms with van der Waals surface area (Å²) in [6, 6.07) is 57.5. The summed E-state index contributed by atoms with van der Waals surface area (Å²) < 4.78 is 39.8. The third kappa shape index (κ3) is 5.51. The van der Waals surface area contributed by atoms with Gasteiger partial charge in [-0.2, -0.15) is 9.97 Å². The summed E-state index contributed by atoms with van der Waals surface area (Å²) in [4.78, 5) is 15.3. The quantitative estimate of drug-likeness (QED) is 0.171. The molecule has 0 saturated heterocycles. The lowest BCUT2D eigenvalue weighted by Crippen LogP contribution is -2.07. The predicted molar refractivity (Wildman–Crippen MR) is 235 cm³/mol. The molecule has 0 fully saturated rings. The van der Waals surface area contributed by atoms with Crippen molar-refractivity contribution in [3.8, 4) is 56.7 Å². The van der Waals surface area contributed by atoms with E-state index in [-0.39, 0.29) is 41.1 Å².